The van der Waals surface area contributed by atoms with Crippen LogP contribution in [0.2, 0.25) is 10.0 Å². The third-order valence-electron chi connectivity index (χ3n) is 6.51. The number of anilines is 3. The van der Waals surface area contributed by atoms with Crippen molar-refractivity contribution >= 4 is 57.9 Å². The van der Waals surface area contributed by atoms with Crippen molar-refractivity contribution in [2.24, 2.45) is 11.1 Å². The molecular weight excluding hydrogens is 491 g/mol. The zero-order valence-electron chi connectivity index (χ0n) is 19.3. The number of rotatable bonds is 7. The van der Waals surface area contributed by atoms with Crippen LogP contribution in [0.15, 0.2) is 18.3 Å². The Kier molecular flexibility index (Phi) is 7.03. The molecule has 1 saturated carbocycles. The van der Waals surface area contributed by atoms with Crippen molar-refractivity contribution in [2.75, 3.05) is 17.2 Å². The maximum atomic E-state index is 12.0. The number of aliphatic hydroxyl groups is 1. The lowest BCUT2D eigenvalue weighted by molar-refractivity contribution is -0.128. The fraction of sp³-hybridized carbons (Fsp3) is 0.435. The fourth-order valence-electron chi connectivity index (χ4n) is 4.27. The van der Waals surface area contributed by atoms with Gasteiger partial charge >= 0.3 is 0 Å². The van der Waals surface area contributed by atoms with Gasteiger partial charge in [0, 0.05) is 17.5 Å². The van der Waals surface area contributed by atoms with Crippen molar-refractivity contribution in [2.45, 2.75) is 51.6 Å². The van der Waals surface area contributed by atoms with Crippen LogP contribution in [0, 0.1) is 16.7 Å². The standard InChI is InChI=1S/C23H26Cl2N8O2/c1-12(11-34)29-21-28-10-17-19(32-21)33(14-3-5-23(2,6-4-14)20(27)35)22(30-17)31-18-15(24)7-13(9-26)8-16(18)25/h7-8,10,12,14,34H,3-6,11H2,1-2H3,(H2,27,35)(H,30,31)(H,28,29,32). The van der Waals surface area contributed by atoms with Crippen LogP contribution in [0.4, 0.5) is 17.6 Å². The quantitative estimate of drug-likeness (QED) is 0.364. The molecule has 5 N–H and O–H groups in total. The smallest absolute Gasteiger partial charge is 0.225 e. The van der Waals surface area contributed by atoms with Gasteiger partial charge in [0.05, 0.1) is 40.2 Å². The van der Waals surface area contributed by atoms with Gasteiger partial charge in [-0.1, -0.05) is 30.1 Å². The predicted molar refractivity (Wildman–Crippen MR) is 135 cm³/mol. The van der Waals surface area contributed by atoms with E-state index in [1.54, 1.807) is 6.20 Å². The van der Waals surface area contributed by atoms with Crippen LogP contribution < -0.4 is 16.4 Å². The van der Waals surface area contributed by atoms with Gasteiger partial charge in [0.2, 0.25) is 17.8 Å². The Morgan fingerprint density at radius 1 is 1.34 bits per heavy atom. The number of nitrogens with two attached hydrogens (primary N) is 1. The van der Waals surface area contributed by atoms with Gasteiger partial charge in [-0.3, -0.25) is 9.36 Å². The molecule has 1 aliphatic rings. The maximum absolute atomic E-state index is 12.0. The number of carbonyl (C=O) groups excluding carboxylic acids is 1. The highest BCUT2D eigenvalue weighted by Crippen LogP contribution is 2.43. The summed E-state index contributed by atoms with van der Waals surface area (Å²) in [7, 11) is 0. The molecule has 0 spiro atoms. The minimum Gasteiger partial charge on any atom is -0.394 e. The number of amides is 1. The highest BCUT2D eigenvalue weighted by molar-refractivity contribution is 6.39. The molecule has 1 atom stereocenters. The number of hydrogen-bond donors (Lipinski definition) is 4. The Morgan fingerprint density at radius 3 is 2.57 bits per heavy atom. The first kappa shape index (κ1) is 25.0. The molecular formula is C23H26Cl2N8O2. The van der Waals surface area contributed by atoms with E-state index in [0.717, 1.165) is 0 Å². The maximum Gasteiger partial charge on any atom is 0.225 e. The van der Waals surface area contributed by atoms with Crippen molar-refractivity contribution < 1.29 is 9.90 Å². The SMILES string of the molecule is CC(CO)Nc1ncc2nc(Nc3c(Cl)cc(C#N)cc3Cl)n(C3CCC(C)(C(N)=O)CC3)c2n1. The van der Waals surface area contributed by atoms with E-state index in [-0.39, 0.29) is 34.6 Å². The van der Waals surface area contributed by atoms with E-state index in [0.29, 0.717) is 60.0 Å². The summed E-state index contributed by atoms with van der Waals surface area (Å²) in [5.74, 6) is 0.523. The van der Waals surface area contributed by atoms with Crippen molar-refractivity contribution in [3.8, 4) is 6.07 Å². The molecule has 4 rings (SSSR count). The Morgan fingerprint density at radius 2 is 2.00 bits per heavy atom. The van der Waals surface area contributed by atoms with Crippen molar-refractivity contribution in [3.63, 3.8) is 0 Å². The Bertz CT molecular complexity index is 1290. The number of nitriles is 1. The van der Waals surface area contributed by atoms with Gasteiger partial charge in [-0.25, -0.2) is 9.97 Å². The van der Waals surface area contributed by atoms with E-state index >= 15 is 0 Å². The van der Waals surface area contributed by atoms with Crippen LogP contribution in [0.1, 0.15) is 51.1 Å². The zero-order chi connectivity index (χ0) is 25.3. The summed E-state index contributed by atoms with van der Waals surface area (Å²) in [6.45, 7) is 3.64. The summed E-state index contributed by atoms with van der Waals surface area (Å²) >= 11 is 12.8. The molecule has 0 bridgehead atoms. The summed E-state index contributed by atoms with van der Waals surface area (Å²) < 4.78 is 1.97. The fourth-order valence-corrected chi connectivity index (χ4v) is 4.86. The number of benzene rings is 1. The number of fused-ring (bicyclic) bond motifs is 1. The average molecular weight is 517 g/mol. The molecule has 3 aromatic rings. The third-order valence-corrected chi connectivity index (χ3v) is 7.10. The van der Waals surface area contributed by atoms with E-state index in [4.69, 9.17) is 33.9 Å². The van der Waals surface area contributed by atoms with Gasteiger partial charge in [0.1, 0.15) is 5.52 Å². The first-order chi connectivity index (χ1) is 16.6. The highest BCUT2D eigenvalue weighted by Gasteiger charge is 2.37. The molecule has 1 aliphatic carbocycles. The van der Waals surface area contributed by atoms with E-state index in [9.17, 15) is 15.2 Å². The number of nitrogens with one attached hydrogen (secondary N) is 2. The van der Waals surface area contributed by atoms with Gasteiger partial charge < -0.3 is 21.5 Å². The monoisotopic (exact) mass is 516 g/mol. The number of primary amides is 1. The average Bonchev–Trinajstić information content (AvgIpc) is 3.18. The molecule has 10 nitrogen and oxygen atoms in total. The van der Waals surface area contributed by atoms with E-state index in [2.05, 4.69) is 20.6 Å². The van der Waals surface area contributed by atoms with Gasteiger partial charge in [-0.2, -0.15) is 10.2 Å². The van der Waals surface area contributed by atoms with Gasteiger partial charge in [0.15, 0.2) is 5.65 Å². The first-order valence-corrected chi connectivity index (χ1v) is 12.0. The molecule has 1 unspecified atom stereocenters. The number of nitrogens with zero attached hydrogens (tertiary/aromatic N) is 5. The lowest BCUT2D eigenvalue weighted by Gasteiger charge is -2.35. The zero-order valence-corrected chi connectivity index (χ0v) is 20.9. The minimum absolute atomic E-state index is 0.0242. The van der Waals surface area contributed by atoms with Crippen LogP contribution in [-0.4, -0.2) is 43.2 Å². The number of carbonyl (C=O) groups is 1. The van der Waals surface area contributed by atoms with Crippen LogP contribution in [0.3, 0.4) is 0 Å². The molecule has 0 saturated heterocycles. The van der Waals surface area contributed by atoms with Gasteiger partial charge in [0.25, 0.3) is 0 Å². The van der Waals surface area contributed by atoms with Crippen molar-refractivity contribution in [1.29, 1.82) is 5.26 Å². The summed E-state index contributed by atoms with van der Waals surface area (Å²) in [4.78, 5) is 25.7. The second-order valence-corrected chi connectivity index (χ2v) is 9.96. The van der Waals surface area contributed by atoms with Crippen molar-refractivity contribution in [3.05, 3.63) is 33.9 Å². The normalized spacial score (nSPS) is 20.9. The third kappa shape index (κ3) is 4.98. The summed E-state index contributed by atoms with van der Waals surface area (Å²) in [5, 5.41) is 25.4. The van der Waals surface area contributed by atoms with E-state index in [1.807, 2.05) is 24.5 Å². The van der Waals surface area contributed by atoms with Gasteiger partial charge in [-0.05, 0) is 44.7 Å². The summed E-state index contributed by atoms with van der Waals surface area (Å²) in [6, 6.07) is 4.83. The molecule has 12 heteroatoms. The molecule has 35 heavy (non-hydrogen) atoms. The van der Waals surface area contributed by atoms with Crippen LogP contribution >= 0.6 is 23.2 Å². The van der Waals surface area contributed by atoms with E-state index in [1.165, 1.54) is 12.1 Å². The highest BCUT2D eigenvalue weighted by atomic mass is 35.5. The topological polar surface area (TPSA) is 155 Å². The second kappa shape index (κ2) is 9.85. The lowest BCUT2D eigenvalue weighted by Crippen LogP contribution is -2.38. The molecule has 1 aromatic carbocycles. The Balaban J connectivity index is 1.78. The molecule has 1 fully saturated rings. The molecule has 2 heterocycles. The number of hydrogen-bond acceptors (Lipinski definition) is 8. The van der Waals surface area contributed by atoms with Crippen LogP contribution in [0.5, 0.6) is 0 Å². The largest absolute Gasteiger partial charge is 0.394 e. The Labute approximate surface area is 212 Å². The molecule has 2 aromatic heterocycles. The summed E-state index contributed by atoms with van der Waals surface area (Å²) in [6.07, 6.45) is 4.24. The summed E-state index contributed by atoms with van der Waals surface area (Å²) in [5.41, 5.74) is 7.00. The number of aliphatic hydroxyl groups excluding tert-OH is 1. The van der Waals surface area contributed by atoms with Crippen LogP contribution in [0.25, 0.3) is 11.2 Å². The van der Waals surface area contributed by atoms with Gasteiger partial charge in [-0.15, -0.1) is 0 Å². The first-order valence-electron chi connectivity index (χ1n) is 11.2. The number of imidazole rings is 1. The van der Waals surface area contributed by atoms with Crippen molar-refractivity contribution in [1.82, 2.24) is 19.5 Å². The molecule has 184 valence electrons. The predicted octanol–water partition coefficient (Wildman–Crippen LogP) is 4.15. The number of aromatic nitrogens is 4. The molecule has 0 radical (unpaired) electrons. The number of halogens is 2. The lowest BCUT2D eigenvalue weighted by atomic mass is 9.73. The Hall–Kier alpha value is -3.13. The molecule has 1 amide bonds. The second-order valence-electron chi connectivity index (χ2n) is 9.14. The minimum atomic E-state index is -0.557. The van der Waals surface area contributed by atoms with E-state index < -0.39 is 5.41 Å². The molecule has 0 aliphatic heterocycles. The van der Waals surface area contributed by atoms with Crippen LogP contribution in [-0.2, 0) is 4.79 Å².